The molecule has 0 radical (unpaired) electrons. The SMILES string of the molecule is O=C(O)/C=C/c1ccc(-c2ccc(O)c(CCC3CC4CCCC(C4)C3)c2)cc1. The molecule has 2 fully saturated rings. The van der Waals surface area contributed by atoms with Crippen molar-refractivity contribution in [3.05, 3.63) is 59.7 Å². The molecule has 2 aromatic carbocycles. The number of carboxylic acid groups (broad SMARTS) is 1. The summed E-state index contributed by atoms with van der Waals surface area (Å²) in [7, 11) is 0. The highest BCUT2D eigenvalue weighted by atomic mass is 16.4. The molecule has 2 aromatic rings. The van der Waals surface area contributed by atoms with Crippen LogP contribution in [0.25, 0.3) is 17.2 Å². The highest BCUT2D eigenvalue weighted by molar-refractivity contribution is 5.85. The van der Waals surface area contributed by atoms with Gasteiger partial charge in [-0.2, -0.15) is 0 Å². The monoisotopic (exact) mass is 390 g/mol. The van der Waals surface area contributed by atoms with Crippen LogP contribution in [0, 0.1) is 17.8 Å². The minimum Gasteiger partial charge on any atom is -0.508 e. The summed E-state index contributed by atoms with van der Waals surface area (Å²) in [6.45, 7) is 0. The molecule has 0 spiro atoms. The molecule has 2 unspecified atom stereocenters. The second-order valence-corrected chi connectivity index (χ2v) is 8.91. The smallest absolute Gasteiger partial charge is 0.328 e. The molecule has 2 aliphatic carbocycles. The van der Waals surface area contributed by atoms with E-state index in [9.17, 15) is 9.90 Å². The van der Waals surface area contributed by atoms with E-state index in [2.05, 4.69) is 6.07 Å². The fraction of sp³-hybridized carbons (Fsp3) is 0.423. The maximum absolute atomic E-state index is 10.7. The number of rotatable bonds is 6. The quantitative estimate of drug-likeness (QED) is 0.569. The molecule has 0 aromatic heterocycles. The van der Waals surface area contributed by atoms with Crippen LogP contribution in [0.5, 0.6) is 5.75 Å². The Hall–Kier alpha value is -2.55. The molecule has 2 aliphatic rings. The van der Waals surface area contributed by atoms with E-state index in [-0.39, 0.29) is 0 Å². The van der Waals surface area contributed by atoms with Crippen LogP contribution in [0.1, 0.15) is 56.1 Å². The minimum atomic E-state index is -0.946. The average Bonchev–Trinajstić information content (AvgIpc) is 2.72. The predicted octanol–water partition coefficient (Wildman–Crippen LogP) is 6.31. The molecule has 0 amide bonds. The Kier molecular flexibility index (Phi) is 6.03. The van der Waals surface area contributed by atoms with E-state index in [1.165, 1.54) is 44.9 Å². The lowest BCUT2D eigenvalue weighted by Gasteiger charge is -2.39. The van der Waals surface area contributed by atoms with Gasteiger partial charge in [0.25, 0.3) is 0 Å². The van der Waals surface area contributed by atoms with Gasteiger partial charge in [-0.3, -0.25) is 0 Å². The van der Waals surface area contributed by atoms with Gasteiger partial charge in [-0.05, 0) is 90.3 Å². The molecule has 2 bridgehead atoms. The molecule has 0 aliphatic heterocycles. The number of aliphatic carboxylic acids is 1. The van der Waals surface area contributed by atoms with Crippen molar-refractivity contribution in [3.8, 4) is 16.9 Å². The van der Waals surface area contributed by atoms with Crippen LogP contribution in [-0.2, 0) is 11.2 Å². The third-order valence-electron chi connectivity index (χ3n) is 6.79. The summed E-state index contributed by atoms with van der Waals surface area (Å²) in [5.41, 5.74) is 4.06. The molecule has 3 nitrogen and oxygen atoms in total. The Balaban J connectivity index is 1.43. The third-order valence-corrected chi connectivity index (χ3v) is 6.79. The van der Waals surface area contributed by atoms with Gasteiger partial charge in [0.2, 0.25) is 0 Å². The van der Waals surface area contributed by atoms with Crippen LogP contribution in [0.2, 0.25) is 0 Å². The second-order valence-electron chi connectivity index (χ2n) is 8.91. The van der Waals surface area contributed by atoms with Crippen molar-refractivity contribution < 1.29 is 15.0 Å². The van der Waals surface area contributed by atoms with Gasteiger partial charge in [0.05, 0.1) is 0 Å². The summed E-state index contributed by atoms with van der Waals surface area (Å²) in [5.74, 6) is 2.15. The van der Waals surface area contributed by atoms with Gasteiger partial charge in [0, 0.05) is 6.08 Å². The summed E-state index contributed by atoms with van der Waals surface area (Å²) in [6, 6.07) is 13.7. The van der Waals surface area contributed by atoms with Crippen molar-refractivity contribution in [2.75, 3.05) is 0 Å². The van der Waals surface area contributed by atoms with Crippen LogP contribution in [-0.4, -0.2) is 16.2 Å². The summed E-state index contributed by atoms with van der Waals surface area (Å²) in [4.78, 5) is 10.7. The zero-order chi connectivity index (χ0) is 20.2. The molecule has 2 atom stereocenters. The normalized spacial score (nSPS) is 23.9. The minimum absolute atomic E-state index is 0.394. The number of benzene rings is 2. The molecule has 0 saturated heterocycles. The van der Waals surface area contributed by atoms with Crippen LogP contribution in [0.3, 0.4) is 0 Å². The fourth-order valence-corrected chi connectivity index (χ4v) is 5.38. The number of carboxylic acids is 1. The van der Waals surface area contributed by atoms with Crippen molar-refractivity contribution in [2.24, 2.45) is 17.8 Å². The van der Waals surface area contributed by atoms with Crippen LogP contribution < -0.4 is 0 Å². The van der Waals surface area contributed by atoms with E-state index in [1.54, 1.807) is 12.1 Å². The first-order valence-electron chi connectivity index (χ1n) is 10.9. The number of phenolic OH excluding ortho intramolecular Hbond substituents is 1. The molecule has 2 N–H and O–H groups in total. The number of fused-ring (bicyclic) bond motifs is 2. The van der Waals surface area contributed by atoms with Crippen LogP contribution >= 0.6 is 0 Å². The molecule has 152 valence electrons. The lowest BCUT2D eigenvalue weighted by molar-refractivity contribution is -0.131. The van der Waals surface area contributed by atoms with Crippen molar-refractivity contribution in [1.82, 2.24) is 0 Å². The van der Waals surface area contributed by atoms with E-state index in [1.807, 2.05) is 30.3 Å². The molecule has 3 heteroatoms. The zero-order valence-corrected chi connectivity index (χ0v) is 16.9. The van der Waals surface area contributed by atoms with Crippen molar-refractivity contribution in [3.63, 3.8) is 0 Å². The Bertz CT molecular complexity index is 869. The van der Waals surface area contributed by atoms with E-state index in [0.717, 1.165) is 52.5 Å². The molecule has 0 heterocycles. The average molecular weight is 391 g/mol. The maximum Gasteiger partial charge on any atom is 0.328 e. The number of carbonyl (C=O) groups is 1. The van der Waals surface area contributed by atoms with E-state index >= 15 is 0 Å². The zero-order valence-electron chi connectivity index (χ0n) is 16.9. The van der Waals surface area contributed by atoms with Gasteiger partial charge in [-0.1, -0.05) is 49.6 Å². The number of phenols is 1. The number of aromatic hydroxyl groups is 1. The standard InChI is InChI=1S/C26H30O3/c27-25-12-11-23(22-8-4-18(5-9-22)7-13-26(28)29)17-24(25)10-6-21-15-19-2-1-3-20(14-19)16-21/h4-5,7-9,11-13,17,19-21,27H,1-3,6,10,14-16H2,(H,28,29)/b13-7+. The van der Waals surface area contributed by atoms with Crippen molar-refractivity contribution >= 4 is 12.0 Å². The first-order chi connectivity index (χ1) is 14.1. The lowest BCUT2D eigenvalue weighted by Crippen LogP contribution is -2.27. The first kappa shape index (κ1) is 19.8. The first-order valence-corrected chi connectivity index (χ1v) is 10.9. The number of hydrogen-bond acceptors (Lipinski definition) is 2. The summed E-state index contributed by atoms with van der Waals surface area (Å²) < 4.78 is 0. The van der Waals surface area contributed by atoms with Crippen molar-refractivity contribution in [1.29, 1.82) is 0 Å². The highest BCUT2D eigenvalue weighted by Crippen LogP contribution is 2.44. The van der Waals surface area contributed by atoms with Crippen LogP contribution in [0.4, 0.5) is 0 Å². The predicted molar refractivity (Wildman–Crippen MR) is 117 cm³/mol. The van der Waals surface area contributed by atoms with Gasteiger partial charge >= 0.3 is 5.97 Å². The van der Waals surface area contributed by atoms with E-state index in [4.69, 9.17) is 5.11 Å². The van der Waals surface area contributed by atoms with Gasteiger partial charge in [0.15, 0.2) is 0 Å². The fourth-order valence-electron chi connectivity index (χ4n) is 5.38. The second kappa shape index (κ2) is 8.86. The Labute approximate surface area is 173 Å². The van der Waals surface area contributed by atoms with Gasteiger partial charge in [-0.15, -0.1) is 0 Å². The lowest BCUT2D eigenvalue weighted by atomic mass is 9.67. The summed E-state index contributed by atoms with van der Waals surface area (Å²) in [5, 5.41) is 19.1. The maximum atomic E-state index is 10.7. The molecule has 29 heavy (non-hydrogen) atoms. The Morgan fingerprint density at radius 3 is 2.34 bits per heavy atom. The van der Waals surface area contributed by atoms with Crippen molar-refractivity contribution in [2.45, 2.75) is 51.4 Å². The number of hydrogen-bond donors (Lipinski definition) is 2. The summed E-state index contributed by atoms with van der Waals surface area (Å²) in [6.07, 6.45) is 13.3. The molecular weight excluding hydrogens is 360 g/mol. The van der Waals surface area contributed by atoms with Gasteiger partial charge < -0.3 is 10.2 Å². The van der Waals surface area contributed by atoms with Gasteiger partial charge in [-0.25, -0.2) is 4.79 Å². The van der Waals surface area contributed by atoms with Crippen LogP contribution in [0.15, 0.2) is 48.5 Å². The molecule has 4 rings (SSSR count). The van der Waals surface area contributed by atoms with E-state index in [0.29, 0.717) is 5.75 Å². The third kappa shape index (κ3) is 5.09. The number of aryl methyl sites for hydroxylation is 1. The van der Waals surface area contributed by atoms with Gasteiger partial charge in [0.1, 0.15) is 5.75 Å². The molecule has 2 saturated carbocycles. The largest absolute Gasteiger partial charge is 0.508 e. The molecular formula is C26H30O3. The van der Waals surface area contributed by atoms with E-state index < -0.39 is 5.97 Å². The highest BCUT2D eigenvalue weighted by Gasteiger charge is 2.31. The Morgan fingerprint density at radius 1 is 0.966 bits per heavy atom. The topological polar surface area (TPSA) is 57.5 Å². The Morgan fingerprint density at radius 2 is 1.66 bits per heavy atom. The summed E-state index contributed by atoms with van der Waals surface area (Å²) >= 11 is 0.